The fraction of sp³-hybridized carbons (Fsp3) is 0.481. The Morgan fingerprint density at radius 1 is 1.08 bits per heavy atom. The van der Waals surface area contributed by atoms with Gasteiger partial charge in [-0.15, -0.1) is 17.0 Å². The summed E-state index contributed by atoms with van der Waals surface area (Å²) < 4.78 is 33.0. The molecule has 0 amide bonds. The van der Waals surface area contributed by atoms with E-state index in [9.17, 15) is 18.3 Å². The molecule has 37 heavy (non-hydrogen) atoms. The van der Waals surface area contributed by atoms with Gasteiger partial charge in [0.25, 0.3) is 0 Å². The monoisotopic (exact) mass is 595 g/mol. The van der Waals surface area contributed by atoms with E-state index in [1.54, 1.807) is 30.0 Å². The van der Waals surface area contributed by atoms with Crippen LogP contribution >= 0.6 is 17.0 Å². The molecule has 0 fully saturated rings. The lowest BCUT2D eigenvalue weighted by Crippen LogP contribution is -2.31. The van der Waals surface area contributed by atoms with Crippen LogP contribution in [0.4, 0.5) is 0 Å². The molecule has 2 aromatic carbocycles. The maximum atomic E-state index is 13.5. The Morgan fingerprint density at radius 3 is 2.08 bits per heavy atom. The number of ketones is 1. The molecule has 204 valence electrons. The van der Waals surface area contributed by atoms with E-state index in [1.165, 1.54) is 13.1 Å². The van der Waals surface area contributed by atoms with Gasteiger partial charge in [-0.2, -0.15) is 0 Å². The number of amidine groups is 1. The molecule has 0 aromatic heterocycles. The molecule has 1 heterocycles. The summed E-state index contributed by atoms with van der Waals surface area (Å²) in [5, 5.41) is 19.6. The fourth-order valence-electron chi connectivity index (χ4n) is 4.34. The zero-order chi connectivity index (χ0) is 27.2. The van der Waals surface area contributed by atoms with Gasteiger partial charge in [0.2, 0.25) is 10.0 Å². The fourth-order valence-corrected chi connectivity index (χ4v) is 5.21. The molecule has 0 saturated carbocycles. The second-order valence-electron chi connectivity index (χ2n) is 11.1. The number of ether oxygens (including phenoxy) is 1. The minimum absolute atomic E-state index is 0. The Hall–Kier alpha value is -2.43. The predicted molar refractivity (Wildman–Crippen MR) is 151 cm³/mol. The van der Waals surface area contributed by atoms with Crippen molar-refractivity contribution in [3.05, 3.63) is 52.1 Å². The van der Waals surface area contributed by atoms with Crippen molar-refractivity contribution in [2.45, 2.75) is 70.7 Å². The Labute approximate surface area is 230 Å². The summed E-state index contributed by atoms with van der Waals surface area (Å²) in [6, 6.07) is 6.56. The number of hydrogen-bond donors (Lipinski definition) is 3. The highest BCUT2D eigenvalue weighted by atomic mass is 79.9. The Balaban J connectivity index is 0.00000481. The number of hydrogen-bond acceptors (Lipinski definition) is 6. The highest BCUT2D eigenvalue weighted by Crippen LogP contribution is 2.40. The second-order valence-corrected chi connectivity index (χ2v) is 13.0. The number of fused-ring (bicyclic) bond motifs is 1. The summed E-state index contributed by atoms with van der Waals surface area (Å²) in [6.45, 7) is 14.2. The van der Waals surface area contributed by atoms with Gasteiger partial charge in [0.1, 0.15) is 22.2 Å². The van der Waals surface area contributed by atoms with E-state index < -0.39 is 10.0 Å². The highest BCUT2D eigenvalue weighted by molar-refractivity contribution is 8.93. The summed E-state index contributed by atoms with van der Waals surface area (Å²) in [7, 11) is -2.48. The summed E-state index contributed by atoms with van der Waals surface area (Å²) in [5.41, 5.74) is 2.30. The number of phenols is 1. The Morgan fingerprint density at radius 2 is 1.62 bits per heavy atom. The van der Waals surface area contributed by atoms with Crippen LogP contribution < -0.4 is 9.46 Å². The molecule has 0 aliphatic carbocycles. The zero-order valence-corrected chi connectivity index (χ0v) is 25.3. The average molecular weight is 597 g/mol. The summed E-state index contributed by atoms with van der Waals surface area (Å²) in [4.78, 5) is 15.0. The van der Waals surface area contributed by atoms with E-state index in [-0.39, 0.29) is 75.5 Å². The van der Waals surface area contributed by atoms with Crippen LogP contribution in [0.25, 0.3) is 0 Å². The standard InChI is InChI=1S/C27H37N3O5S.BrH/c1-9-35-22-12-17-14-30(25(28)18(17)13-23(22)36(33,34)29-8)15-21(31)16-10-19(26(2,3)4)24(32)20(11-16)27(5,6)7;/h10-13,28-29,32H,9,14-15H2,1-8H3;1H. The van der Waals surface area contributed by atoms with E-state index in [0.717, 1.165) is 5.56 Å². The molecule has 1 aliphatic rings. The molecule has 3 rings (SSSR count). The number of nitrogens with zero attached hydrogens (tertiary/aromatic N) is 1. The van der Waals surface area contributed by atoms with E-state index in [0.29, 0.717) is 22.3 Å². The lowest BCUT2D eigenvalue weighted by molar-refractivity contribution is 0.0962. The quantitative estimate of drug-likeness (QED) is 0.392. The van der Waals surface area contributed by atoms with E-state index in [4.69, 9.17) is 10.1 Å². The van der Waals surface area contributed by atoms with Crippen molar-refractivity contribution in [2.75, 3.05) is 20.2 Å². The number of halogens is 1. The molecular formula is C27H38BrN3O5S. The Bertz CT molecular complexity index is 1290. The highest BCUT2D eigenvalue weighted by Gasteiger charge is 2.32. The van der Waals surface area contributed by atoms with Gasteiger partial charge in [-0.05, 0) is 54.6 Å². The molecule has 0 bridgehead atoms. The number of carbonyl (C=O) groups excluding carboxylic acids is 1. The van der Waals surface area contributed by atoms with Crippen LogP contribution in [0.15, 0.2) is 29.2 Å². The van der Waals surface area contributed by atoms with Gasteiger partial charge in [-0.25, -0.2) is 13.1 Å². The van der Waals surface area contributed by atoms with Crippen molar-refractivity contribution < 1.29 is 23.1 Å². The minimum atomic E-state index is -3.80. The molecule has 3 N–H and O–H groups in total. The van der Waals surface area contributed by atoms with Crippen LogP contribution in [0.2, 0.25) is 0 Å². The van der Waals surface area contributed by atoms with Crippen molar-refractivity contribution in [3.63, 3.8) is 0 Å². The van der Waals surface area contributed by atoms with E-state index in [1.807, 2.05) is 41.5 Å². The van der Waals surface area contributed by atoms with Crippen LogP contribution in [-0.2, 0) is 27.4 Å². The van der Waals surface area contributed by atoms with Gasteiger partial charge in [-0.1, -0.05) is 41.5 Å². The topological polar surface area (TPSA) is 120 Å². The largest absolute Gasteiger partial charge is 0.507 e. The molecule has 10 heteroatoms. The number of carbonyl (C=O) groups is 1. The molecular weight excluding hydrogens is 558 g/mol. The van der Waals surface area contributed by atoms with Crippen molar-refractivity contribution >= 4 is 38.6 Å². The van der Waals surface area contributed by atoms with Crippen molar-refractivity contribution in [2.24, 2.45) is 0 Å². The smallest absolute Gasteiger partial charge is 0.244 e. The first-order chi connectivity index (χ1) is 16.5. The number of Topliss-reactive ketones (excluding diaryl/α,β-unsaturated/α-hetero) is 1. The SMILES string of the molecule is Br.CCOc1cc2c(cc1S(=O)(=O)NC)C(=N)N(CC(=O)c1cc(C(C)(C)C)c(O)c(C(C)(C)C)c1)C2. The first-order valence-electron chi connectivity index (χ1n) is 12.0. The second kappa shape index (κ2) is 10.7. The summed E-state index contributed by atoms with van der Waals surface area (Å²) in [5.74, 6) is 0.320. The lowest BCUT2D eigenvalue weighted by atomic mass is 9.78. The Kier molecular flexibility index (Phi) is 8.94. The van der Waals surface area contributed by atoms with Crippen molar-refractivity contribution in [3.8, 4) is 11.5 Å². The molecule has 0 unspecified atom stereocenters. The normalized spacial score (nSPS) is 13.8. The minimum Gasteiger partial charge on any atom is -0.507 e. The molecule has 8 nitrogen and oxygen atoms in total. The number of nitrogens with one attached hydrogen (secondary N) is 2. The molecule has 1 aliphatic heterocycles. The van der Waals surface area contributed by atoms with Crippen molar-refractivity contribution in [1.82, 2.24) is 9.62 Å². The maximum Gasteiger partial charge on any atom is 0.244 e. The third-order valence-electron chi connectivity index (χ3n) is 6.34. The van der Waals surface area contributed by atoms with Crippen molar-refractivity contribution in [1.29, 1.82) is 5.41 Å². The molecule has 0 radical (unpaired) electrons. The van der Waals surface area contributed by atoms with E-state index in [2.05, 4.69) is 4.72 Å². The number of rotatable bonds is 7. The van der Waals surface area contributed by atoms with E-state index >= 15 is 0 Å². The number of benzene rings is 2. The van der Waals surface area contributed by atoms with Crippen LogP contribution in [0.3, 0.4) is 0 Å². The number of phenolic OH excluding ortho intramolecular Hbond substituents is 1. The molecule has 2 aromatic rings. The number of sulfonamides is 1. The first-order valence-corrected chi connectivity index (χ1v) is 13.5. The van der Waals surface area contributed by atoms with Crippen LogP contribution in [-0.4, -0.2) is 50.2 Å². The van der Waals surface area contributed by atoms with Gasteiger partial charge in [0.05, 0.1) is 13.2 Å². The molecule has 0 spiro atoms. The van der Waals surface area contributed by atoms with Gasteiger partial charge in [-0.3, -0.25) is 10.2 Å². The molecule has 0 saturated heterocycles. The summed E-state index contributed by atoms with van der Waals surface area (Å²) in [6.07, 6.45) is 0. The zero-order valence-electron chi connectivity index (χ0n) is 22.8. The van der Waals surface area contributed by atoms with Gasteiger partial charge in [0.15, 0.2) is 5.78 Å². The predicted octanol–water partition coefficient (Wildman–Crippen LogP) is 4.90. The number of aromatic hydroxyl groups is 1. The van der Waals surface area contributed by atoms with Gasteiger partial charge in [0, 0.05) is 28.8 Å². The third-order valence-corrected chi connectivity index (χ3v) is 7.78. The molecule has 0 atom stereocenters. The first kappa shape index (κ1) is 30.8. The van der Waals surface area contributed by atoms with Crippen LogP contribution in [0.5, 0.6) is 11.5 Å². The summed E-state index contributed by atoms with van der Waals surface area (Å²) >= 11 is 0. The van der Waals surface area contributed by atoms with Gasteiger partial charge >= 0.3 is 0 Å². The third kappa shape index (κ3) is 6.18. The maximum absolute atomic E-state index is 13.5. The van der Waals surface area contributed by atoms with Gasteiger partial charge < -0.3 is 14.7 Å². The van der Waals surface area contributed by atoms with Crippen LogP contribution in [0, 0.1) is 5.41 Å². The lowest BCUT2D eigenvalue weighted by Gasteiger charge is -2.28. The van der Waals surface area contributed by atoms with Crippen LogP contribution in [0.1, 0.15) is 81.1 Å². The average Bonchev–Trinajstić information content (AvgIpc) is 3.06.